The third-order valence-electron chi connectivity index (χ3n) is 5.84. The molecule has 0 heterocycles. The van der Waals surface area contributed by atoms with Crippen LogP contribution in [0.4, 0.5) is 11.4 Å². The first-order valence-electron chi connectivity index (χ1n) is 11.0. The molecule has 31 heavy (non-hydrogen) atoms. The summed E-state index contributed by atoms with van der Waals surface area (Å²) in [6, 6.07) is 28.4. The Balaban J connectivity index is 1.91. The Morgan fingerprint density at radius 3 is 1.87 bits per heavy atom. The standard InChI is InChI=1S/C29H29NO/c1-19(2)22-15-10-16-23(20(3)4)28(22)30-27-18-8-7-14-26(29(27)31)25-17-9-12-21-11-5-6-13-24(21)25/h5-20H,1-4H3,(H,30,31). The van der Waals surface area contributed by atoms with E-state index in [-0.39, 0.29) is 5.43 Å². The van der Waals surface area contributed by atoms with E-state index < -0.39 is 0 Å². The molecular formula is C29H29NO. The molecule has 0 radical (unpaired) electrons. The van der Waals surface area contributed by atoms with Crippen LogP contribution in [0.25, 0.3) is 21.9 Å². The van der Waals surface area contributed by atoms with Crippen LogP contribution in [0.5, 0.6) is 0 Å². The van der Waals surface area contributed by atoms with Crippen LogP contribution in [0, 0.1) is 0 Å². The number of hydrogen-bond donors (Lipinski definition) is 1. The van der Waals surface area contributed by atoms with E-state index in [1.807, 2.05) is 48.5 Å². The maximum absolute atomic E-state index is 13.7. The second-order valence-electron chi connectivity index (χ2n) is 8.65. The van der Waals surface area contributed by atoms with Gasteiger partial charge < -0.3 is 5.32 Å². The van der Waals surface area contributed by atoms with Crippen molar-refractivity contribution in [1.29, 1.82) is 0 Å². The van der Waals surface area contributed by atoms with Gasteiger partial charge in [0, 0.05) is 11.3 Å². The minimum atomic E-state index is 0.00891. The number of anilines is 2. The molecule has 4 rings (SSSR count). The molecule has 0 unspecified atom stereocenters. The number of hydrogen-bond acceptors (Lipinski definition) is 2. The molecule has 4 aromatic rings. The summed E-state index contributed by atoms with van der Waals surface area (Å²) in [4.78, 5) is 13.7. The molecule has 0 saturated heterocycles. The maximum atomic E-state index is 13.7. The Hall–Kier alpha value is -3.39. The van der Waals surface area contributed by atoms with Crippen molar-refractivity contribution in [2.24, 2.45) is 0 Å². The SMILES string of the molecule is CC(C)c1cccc(C(C)C)c1Nc1ccccc(-c2cccc3ccccc23)c1=O. The van der Waals surface area contributed by atoms with Gasteiger partial charge in [-0.05, 0) is 45.4 Å². The van der Waals surface area contributed by atoms with E-state index >= 15 is 0 Å². The van der Waals surface area contributed by atoms with Crippen LogP contribution >= 0.6 is 0 Å². The highest BCUT2D eigenvalue weighted by molar-refractivity contribution is 5.97. The van der Waals surface area contributed by atoms with Gasteiger partial charge in [0.05, 0.1) is 5.69 Å². The molecule has 2 nitrogen and oxygen atoms in total. The van der Waals surface area contributed by atoms with Gasteiger partial charge >= 0.3 is 0 Å². The molecule has 0 fully saturated rings. The maximum Gasteiger partial charge on any atom is 0.209 e. The lowest BCUT2D eigenvalue weighted by Gasteiger charge is -2.20. The van der Waals surface area contributed by atoms with E-state index in [9.17, 15) is 4.79 Å². The Kier molecular flexibility index (Phi) is 5.90. The zero-order valence-corrected chi connectivity index (χ0v) is 18.6. The molecule has 156 valence electrons. The van der Waals surface area contributed by atoms with Crippen molar-refractivity contribution in [2.75, 3.05) is 5.32 Å². The zero-order valence-electron chi connectivity index (χ0n) is 18.6. The van der Waals surface area contributed by atoms with Crippen molar-refractivity contribution >= 4 is 22.1 Å². The van der Waals surface area contributed by atoms with Crippen LogP contribution in [0.3, 0.4) is 0 Å². The van der Waals surface area contributed by atoms with Gasteiger partial charge in [-0.25, -0.2) is 0 Å². The van der Waals surface area contributed by atoms with Gasteiger partial charge in [-0.15, -0.1) is 0 Å². The quantitative estimate of drug-likeness (QED) is 0.365. The summed E-state index contributed by atoms with van der Waals surface area (Å²) in [5, 5.41) is 5.76. The summed E-state index contributed by atoms with van der Waals surface area (Å²) in [6.45, 7) is 8.76. The van der Waals surface area contributed by atoms with E-state index in [0.717, 1.165) is 22.0 Å². The molecule has 0 spiro atoms. The smallest absolute Gasteiger partial charge is 0.209 e. The summed E-state index contributed by atoms with van der Waals surface area (Å²) in [5.41, 5.74) is 5.78. The predicted octanol–water partition coefficient (Wildman–Crippen LogP) is 7.86. The highest BCUT2D eigenvalue weighted by Crippen LogP contribution is 2.34. The highest BCUT2D eigenvalue weighted by Gasteiger charge is 2.16. The number of rotatable bonds is 5. The fraction of sp³-hybridized carbons (Fsp3) is 0.207. The lowest BCUT2D eigenvalue weighted by Crippen LogP contribution is -2.11. The first-order chi connectivity index (χ1) is 15.0. The summed E-state index contributed by atoms with van der Waals surface area (Å²) in [7, 11) is 0. The Bertz CT molecular complexity index is 1260. The molecule has 0 aliphatic heterocycles. The Morgan fingerprint density at radius 2 is 1.16 bits per heavy atom. The molecule has 0 aliphatic rings. The first kappa shape index (κ1) is 20.9. The lowest BCUT2D eigenvalue weighted by molar-refractivity contribution is 0.838. The number of fused-ring (bicyclic) bond motifs is 1. The van der Waals surface area contributed by atoms with Gasteiger partial charge in [0.25, 0.3) is 0 Å². The molecule has 2 heteroatoms. The summed E-state index contributed by atoms with van der Waals surface area (Å²) in [6.07, 6.45) is 0. The fourth-order valence-corrected chi connectivity index (χ4v) is 4.20. The number of para-hydroxylation sites is 1. The van der Waals surface area contributed by atoms with Crippen molar-refractivity contribution in [3.05, 3.63) is 106 Å². The van der Waals surface area contributed by atoms with Gasteiger partial charge in [0.2, 0.25) is 5.43 Å². The van der Waals surface area contributed by atoms with Crippen LogP contribution in [-0.4, -0.2) is 0 Å². The molecule has 0 amide bonds. The molecule has 0 aliphatic carbocycles. The van der Waals surface area contributed by atoms with Crippen molar-refractivity contribution in [1.82, 2.24) is 0 Å². The topological polar surface area (TPSA) is 29.1 Å². The number of nitrogens with one attached hydrogen (secondary N) is 1. The van der Waals surface area contributed by atoms with Crippen LogP contribution in [-0.2, 0) is 0 Å². The van der Waals surface area contributed by atoms with Gasteiger partial charge in [0.1, 0.15) is 0 Å². The highest BCUT2D eigenvalue weighted by atomic mass is 16.1. The Labute approximate surface area is 184 Å². The van der Waals surface area contributed by atoms with Gasteiger partial charge in [0.15, 0.2) is 0 Å². The van der Waals surface area contributed by atoms with Crippen LogP contribution in [0.1, 0.15) is 50.7 Å². The Morgan fingerprint density at radius 1 is 0.613 bits per heavy atom. The second kappa shape index (κ2) is 8.77. The largest absolute Gasteiger partial charge is 0.352 e. The van der Waals surface area contributed by atoms with Crippen molar-refractivity contribution in [3.63, 3.8) is 0 Å². The summed E-state index contributed by atoms with van der Waals surface area (Å²) in [5.74, 6) is 0.706. The molecule has 0 bridgehead atoms. The average Bonchev–Trinajstić information content (AvgIpc) is 2.94. The molecule has 1 N–H and O–H groups in total. The second-order valence-corrected chi connectivity index (χ2v) is 8.65. The monoisotopic (exact) mass is 407 g/mol. The molecular weight excluding hydrogens is 378 g/mol. The minimum Gasteiger partial charge on any atom is -0.352 e. The summed E-state index contributed by atoms with van der Waals surface area (Å²) < 4.78 is 0. The van der Waals surface area contributed by atoms with Gasteiger partial charge in [-0.2, -0.15) is 0 Å². The van der Waals surface area contributed by atoms with E-state index in [1.54, 1.807) is 0 Å². The average molecular weight is 408 g/mol. The number of benzene rings is 3. The van der Waals surface area contributed by atoms with Crippen LogP contribution in [0.2, 0.25) is 0 Å². The molecule has 0 saturated carbocycles. The van der Waals surface area contributed by atoms with Crippen LogP contribution in [0.15, 0.2) is 89.7 Å². The van der Waals surface area contributed by atoms with E-state index in [4.69, 9.17) is 0 Å². The first-order valence-corrected chi connectivity index (χ1v) is 11.0. The van der Waals surface area contributed by atoms with Crippen LogP contribution < -0.4 is 10.7 Å². The third-order valence-corrected chi connectivity index (χ3v) is 5.84. The van der Waals surface area contributed by atoms with Gasteiger partial charge in [-0.1, -0.05) is 107 Å². The normalized spacial score (nSPS) is 11.3. The zero-order chi connectivity index (χ0) is 22.0. The molecule has 0 aromatic heterocycles. The van der Waals surface area contributed by atoms with Crippen molar-refractivity contribution in [2.45, 2.75) is 39.5 Å². The third kappa shape index (κ3) is 4.11. The van der Waals surface area contributed by atoms with E-state index in [2.05, 4.69) is 69.4 Å². The molecule has 0 atom stereocenters. The van der Waals surface area contributed by atoms with Crippen molar-refractivity contribution in [3.8, 4) is 11.1 Å². The van der Waals surface area contributed by atoms with E-state index in [0.29, 0.717) is 23.1 Å². The van der Waals surface area contributed by atoms with Gasteiger partial charge in [-0.3, -0.25) is 4.79 Å². The summed E-state index contributed by atoms with van der Waals surface area (Å²) >= 11 is 0. The van der Waals surface area contributed by atoms with E-state index in [1.165, 1.54) is 11.1 Å². The predicted molar refractivity (Wildman–Crippen MR) is 134 cm³/mol. The fourth-order valence-electron chi connectivity index (χ4n) is 4.20. The van der Waals surface area contributed by atoms with Crippen molar-refractivity contribution < 1.29 is 0 Å². The minimum absolute atomic E-state index is 0.00891. The lowest BCUT2D eigenvalue weighted by atomic mass is 9.92. The molecule has 4 aromatic carbocycles.